The Labute approximate surface area is 856 Å². The van der Waals surface area contributed by atoms with Gasteiger partial charge >= 0.3 is 23.9 Å². The topological polar surface area (TPSA) is 711 Å². The van der Waals surface area contributed by atoms with E-state index in [1.165, 1.54) is 39.5 Å². The van der Waals surface area contributed by atoms with Crippen molar-refractivity contribution in [3.63, 3.8) is 0 Å². The van der Waals surface area contributed by atoms with Gasteiger partial charge in [-0.25, -0.2) is 63.7 Å². The number of sulfone groups is 7. The van der Waals surface area contributed by atoms with Gasteiger partial charge in [0.25, 0.3) is 0 Å². The summed E-state index contributed by atoms with van der Waals surface area (Å²) < 4.78 is 184. The fraction of sp³-hybridized carbons (Fsp3) is 0.776. The normalized spacial score (nSPS) is 12.1. The van der Waals surface area contributed by atoms with Crippen LogP contribution in [0.5, 0.6) is 0 Å². The smallest absolute Gasteiger partial charge is 0.338 e. The average Bonchev–Trinajstić information content (AvgIpc) is 0.883. The Hall–Kier alpha value is -6.06. The number of thioether (sulfide) groups is 4. The van der Waals surface area contributed by atoms with Crippen LogP contribution in [0, 0.1) is 0 Å². The summed E-state index contributed by atoms with van der Waals surface area (Å²) in [5, 5.41) is 75.6. The number of aliphatic hydroxyl groups excluding tert-OH is 9. The lowest BCUT2D eigenvalue weighted by atomic mass is 10.2. The summed E-state index contributed by atoms with van der Waals surface area (Å²) in [6, 6.07) is 8.34. The van der Waals surface area contributed by atoms with Crippen molar-refractivity contribution in [2.75, 3.05) is 293 Å². The number of carbonyl (C=O) groups is 13. The number of carbonyl (C=O) groups excluding carboxylic acids is 13. The van der Waals surface area contributed by atoms with Crippen molar-refractivity contribution in [1.82, 2.24) is 19.6 Å². The number of ketones is 5. The Balaban J connectivity index is -0.000000233. The molecule has 46 nitrogen and oxygen atoms in total. The summed E-state index contributed by atoms with van der Waals surface area (Å²) in [5.74, 6) is 0.735. The van der Waals surface area contributed by atoms with Crippen molar-refractivity contribution in [2.45, 2.75) is 126 Å². The fourth-order valence-corrected chi connectivity index (χ4v) is 18.8. The third kappa shape index (κ3) is 114. The van der Waals surface area contributed by atoms with Gasteiger partial charge in [-0.15, -0.1) is 0 Å². The van der Waals surface area contributed by atoms with Gasteiger partial charge in [0.1, 0.15) is 42.1 Å². The van der Waals surface area contributed by atoms with Gasteiger partial charge in [-0.1, -0.05) is 18.2 Å². The van der Waals surface area contributed by atoms with Crippen molar-refractivity contribution in [1.29, 1.82) is 0 Å². The van der Waals surface area contributed by atoms with Crippen molar-refractivity contribution < 1.29 is 196 Å². The molecule has 2 aliphatic heterocycles. The highest BCUT2D eigenvalue weighted by atomic mass is 32.2. The summed E-state index contributed by atoms with van der Waals surface area (Å²) in [6.45, 7) is 15.6. The lowest BCUT2D eigenvalue weighted by Crippen LogP contribution is -2.41. The van der Waals surface area contributed by atoms with Gasteiger partial charge in [-0.3, -0.25) is 57.5 Å². The molecule has 0 atom stereocenters. The first-order valence-corrected chi connectivity index (χ1v) is 62.1. The monoisotopic (exact) mass is 2260 g/mol. The van der Waals surface area contributed by atoms with Gasteiger partial charge in [0.05, 0.1) is 198 Å². The summed E-state index contributed by atoms with van der Waals surface area (Å²) in [5.41, 5.74) is 0.378. The second-order valence-electron chi connectivity index (χ2n) is 29.8. The number of aliphatic hydroxyl groups is 9. The average molecular weight is 2260 g/mol. The molecular formula is C85H158N4O42S11. The highest BCUT2D eigenvalue weighted by Crippen LogP contribution is 2.10. The van der Waals surface area contributed by atoms with Crippen LogP contribution in [0.15, 0.2) is 30.3 Å². The van der Waals surface area contributed by atoms with Crippen molar-refractivity contribution in [2.24, 2.45) is 0 Å². The Morgan fingerprint density at radius 2 is 0.563 bits per heavy atom. The van der Waals surface area contributed by atoms with E-state index in [4.69, 9.17) is 64.9 Å². The maximum atomic E-state index is 11.6. The number of esters is 4. The number of morpholine rings is 2. The van der Waals surface area contributed by atoms with E-state index in [0.29, 0.717) is 83.1 Å². The third-order valence-electron chi connectivity index (χ3n) is 16.5. The SMILES string of the molecule is CC(=O)CCS(=O)(=O)CCO.CC(=O)CCS(=O)(=O)CCO.CC(=O)CCS(=O)(=O)CCOC(=O)c1ccccc1.CC(=O)CCS(=O)(=O)CCOC(C)=O.CC(=O)CCSCCO.CCOC(=O)CCS(=O)(=O)CCO.CCOC(=O)CCSCCO.CN(C)C(=O)CCS(=O)(=O)CCO.CN(C)C(=O)CCSCCO.O=C(CCS(=O)(=O)CCO)N1CCOCC1.O=C(CCSCCO)N1CCOCC1. The minimum atomic E-state index is -3.35. The number of hydrogen-bond acceptors (Lipinski definition) is 46. The third-order valence-corrected chi connectivity index (χ3v) is 31.8. The first-order chi connectivity index (χ1) is 66.2. The molecule has 57 heteroatoms. The molecule has 836 valence electrons. The molecule has 0 bridgehead atoms. The number of amides is 4. The van der Waals surface area contributed by atoms with Crippen LogP contribution in [0.3, 0.4) is 0 Å². The Morgan fingerprint density at radius 1 is 0.303 bits per heavy atom. The molecule has 0 aromatic heterocycles. The number of rotatable bonds is 60. The van der Waals surface area contributed by atoms with E-state index in [-0.39, 0.29) is 243 Å². The summed E-state index contributed by atoms with van der Waals surface area (Å²) in [7, 11) is -16.2. The molecule has 0 saturated carbocycles. The Bertz CT molecular complexity index is 4380. The molecule has 2 fully saturated rings. The van der Waals surface area contributed by atoms with Crippen LogP contribution in [-0.4, -0.2) is 494 Å². The zero-order chi connectivity index (χ0) is 111. The predicted molar refractivity (Wildman–Crippen MR) is 547 cm³/mol. The molecule has 2 heterocycles. The zero-order valence-corrected chi connectivity index (χ0v) is 92.8. The molecule has 0 unspecified atom stereocenters. The van der Waals surface area contributed by atoms with Crippen molar-refractivity contribution >= 4 is 192 Å². The van der Waals surface area contributed by atoms with Crippen LogP contribution in [0.4, 0.5) is 0 Å². The molecule has 3 rings (SSSR count). The van der Waals surface area contributed by atoms with E-state index >= 15 is 0 Å². The van der Waals surface area contributed by atoms with E-state index < -0.39 is 107 Å². The maximum absolute atomic E-state index is 11.6. The minimum Gasteiger partial charge on any atom is -0.466 e. The first kappa shape index (κ1) is 151. The van der Waals surface area contributed by atoms with Gasteiger partial charge in [0, 0.05) is 165 Å². The van der Waals surface area contributed by atoms with Crippen LogP contribution < -0.4 is 0 Å². The number of benzene rings is 1. The van der Waals surface area contributed by atoms with Gasteiger partial charge in [-0.05, 0) is 60.6 Å². The zero-order valence-electron chi connectivity index (χ0n) is 83.8. The van der Waals surface area contributed by atoms with Crippen molar-refractivity contribution in [3.8, 4) is 0 Å². The number of nitrogens with zero attached hydrogens (tertiary/aromatic N) is 4. The van der Waals surface area contributed by atoms with Crippen LogP contribution in [0.2, 0.25) is 0 Å². The fourth-order valence-electron chi connectivity index (χ4n) is 8.77. The number of hydrogen-bond donors (Lipinski definition) is 9. The van der Waals surface area contributed by atoms with E-state index in [2.05, 4.69) is 9.47 Å². The van der Waals surface area contributed by atoms with E-state index in [1.807, 2.05) is 4.90 Å². The summed E-state index contributed by atoms with van der Waals surface area (Å²) >= 11 is 6.39. The summed E-state index contributed by atoms with van der Waals surface area (Å²) in [6.07, 6.45) is 2.14. The van der Waals surface area contributed by atoms with Gasteiger partial charge in [-0.2, -0.15) is 47.0 Å². The van der Waals surface area contributed by atoms with Gasteiger partial charge in [0.2, 0.25) is 23.6 Å². The van der Waals surface area contributed by atoms with Crippen LogP contribution in [0.25, 0.3) is 0 Å². The molecule has 0 radical (unpaired) electrons. The minimum absolute atomic E-state index is 0.00500. The van der Waals surface area contributed by atoms with Crippen LogP contribution in [0.1, 0.15) is 136 Å². The Morgan fingerprint density at radius 3 is 0.859 bits per heavy atom. The van der Waals surface area contributed by atoms with Crippen LogP contribution in [-0.2, 0) is 155 Å². The standard InChI is InChI=1S/C13H16O5S.C9H17NO5S.C9H17NO3S.C8H14O5S.C7H15NO4S.C7H15NO2S.C7H14O5S.C7H14O3S.2C6H12O4S.C6H12O2S/c1-11(14)7-9-19(16,17)10-8-18-13(15)12-5-3-2-4-6-12;11-4-8-16(13,14)7-1-9(12)10-2-5-15-6-3-10;11-4-8-14-7-1-9(12)10-2-5-13-6-3-10;1-7(9)3-5-14(11,12)6-4-13-8(2)10;1-8(2)7(10)3-5-13(11,12)6-4-9;1-8(2)7(10)3-5-11-6-4-9;1-2-12-7(9)3-5-13(10,11)6-4-8;1-2-10-7(9)3-5-11-6-4-8;2*1-6(8)2-4-11(9,10)5-3-7;1-6(8)2-4-9-5-3-7/h2-6H,7-10H2,1H3;11H,1-8H2;11H,1-8H2;3-6H2,1-2H3;9H,3-6H2,1-2H3;9H,3-6H2,1-2H3;8H,2-6H2,1H3;8H,2-6H2,1H3;2*7H,2-5H2,1H3;7H,2-5H2,1H3. The van der Waals surface area contributed by atoms with Crippen LogP contribution >= 0.6 is 47.0 Å². The maximum Gasteiger partial charge on any atom is 0.338 e. The molecule has 0 aliphatic carbocycles. The molecule has 1 aromatic rings. The van der Waals surface area contributed by atoms with E-state index in [1.54, 1.807) is 136 Å². The van der Waals surface area contributed by atoms with Gasteiger partial charge < -0.3 is 94.0 Å². The molecule has 1 aromatic carbocycles. The molecule has 9 N–H and O–H groups in total. The second kappa shape index (κ2) is 95.8. The van der Waals surface area contributed by atoms with E-state index in [9.17, 15) is 121 Å². The molecule has 2 aliphatic rings. The van der Waals surface area contributed by atoms with Gasteiger partial charge in [0.15, 0.2) is 68.9 Å². The lowest BCUT2D eigenvalue weighted by molar-refractivity contribution is -0.143. The number of Topliss-reactive ketones (excluding diaryl/α,β-unsaturated/α-hetero) is 5. The highest BCUT2D eigenvalue weighted by molar-refractivity contribution is 8.00. The largest absolute Gasteiger partial charge is 0.466 e. The number of ether oxygens (including phenoxy) is 6. The quantitative estimate of drug-likeness (QED) is 0.0199. The molecule has 0 spiro atoms. The highest BCUT2D eigenvalue weighted by Gasteiger charge is 2.23. The van der Waals surface area contributed by atoms with Crippen molar-refractivity contribution in [3.05, 3.63) is 35.9 Å². The molecule has 2 saturated heterocycles. The molecular weight excluding hydrogens is 2100 g/mol. The summed E-state index contributed by atoms with van der Waals surface area (Å²) in [4.78, 5) is 147. The Kier molecular flexibility index (Phi) is 102. The second-order valence-corrected chi connectivity index (χ2v) is 50.8. The van der Waals surface area contributed by atoms with E-state index in [0.717, 1.165) is 53.4 Å². The molecule has 4 amide bonds. The predicted octanol–water partition coefficient (Wildman–Crippen LogP) is -1.71. The molecule has 142 heavy (non-hydrogen) atoms. The first-order valence-electron chi connectivity index (χ1n) is 44.7. The lowest BCUT2D eigenvalue weighted by Gasteiger charge is -2.26.